The molecule has 0 aliphatic rings. The molecule has 0 bridgehead atoms. The summed E-state index contributed by atoms with van der Waals surface area (Å²) in [4.78, 5) is 1.80. The topological polar surface area (TPSA) is 32.7 Å². The quantitative estimate of drug-likeness (QED) is 0.823. The van der Waals surface area contributed by atoms with Crippen LogP contribution in [0.25, 0.3) is 0 Å². The highest BCUT2D eigenvalue weighted by molar-refractivity contribution is 5.44. The van der Waals surface area contributed by atoms with Gasteiger partial charge in [-0.15, -0.1) is 0 Å². The van der Waals surface area contributed by atoms with Crippen LogP contribution < -0.4 is 4.90 Å². The van der Waals surface area contributed by atoms with Crippen molar-refractivity contribution in [2.75, 3.05) is 18.5 Å². The van der Waals surface area contributed by atoms with Crippen LogP contribution in [-0.2, 0) is 17.5 Å². The summed E-state index contributed by atoms with van der Waals surface area (Å²) in [6.07, 6.45) is -5.49. The number of ether oxygens (including phenoxy) is 1. The molecule has 0 aliphatic carbocycles. The number of rotatable bonds is 6. The molecule has 0 aromatic heterocycles. The third kappa shape index (κ3) is 5.26. The number of anilines is 1. The van der Waals surface area contributed by atoms with Gasteiger partial charge in [-0.3, -0.25) is 0 Å². The van der Waals surface area contributed by atoms with Crippen LogP contribution in [-0.4, -0.2) is 25.0 Å². The van der Waals surface area contributed by atoms with E-state index in [4.69, 9.17) is 4.74 Å². The van der Waals surface area contributed by atoms with Crippen LogP contribution in [0.1, 0.15) is 11.1 Å². The van der Waals surface area contributed by atoms with E-state index in [2.05, 4.69) is 0 Å². The van der Waals surface area contributed by atoms with Gasteiger partial charge in [0.1, 0.15) is 0 Å². The highest BCUT2D eigenvalue weighted by Gasteiger charge is 2.30. The number of benzene rings is 2. The van der Waals surface area contributed by atoms with Crippen LogP contribution >= 0.6 is 0 Å². The van der Waals surface area contributed by atoms with E-state index in [1.807, 2.05) is 30.3 Å². The first-order chi connectivity index (χ1) is 10.9. The molecule has 2 rings (SSSR count). The third-order valence-corrected chi connectivity index (χ3v) is 3.32. The van der Waals surface area contributed by atoms with E-state index in [1.165, 1.54) is 12.1 Å². The Morgan fingerprint density at radius 1 is 1.09 bits per heavy atom. The predicted octanol–water partition coefficient (Wildman–Crippen LogP) is 3.68. The Bertz CT molecular complexity index is 617. The van der Waals surface area contributed by atoms with Crippen molar-refractivity contribution in [3.05, 3.63) is 65.7 Å². The maximum absolute atomic E-state index is 12.6. The minimum absolute atomic E-state index is 0.0896. The lowest BCUT2D eigenvalue weighted by atomic mass is 10.1. The van der Waals surface area contributed by atoms with Crippen LogP contribution in [0.15, 0.2) is 54.6 Å². The molecule has 3 nitrogen and oxygen atoms in total. The van der Waals surface area contributed by atoms with Gasteiger partial charge in [0.25, 0.3) is 0 Å². The molecule has 6 heteroatoms. The highest BCUT2D eigenvalue weighted by atomic mass is 19.4. The standard InChI is InChI=1S/C17H18F3NO2/c1-21(15-8-3-2-4-9-15)11-16(22)23-12-13-6-5-7-14(10-13)17(18,19)20/h2-10,16,22H,11-12H2,1H3. The average molecular weight is 325 g/mol. The van der Waals surface area contributed by atoms with Crippen molar-refractivity contribution in [1.82, 2.24) is 0 Å². The summed E-state index contributed by atoms with van der Waals surface area (Å²) in [7, 11) is 1.80. The van der Waals surface area contributed by atoms with Gasteiger partial charge in [0.05, 0.1) is 18.7 Å². The normalized spacial score (nSPS) is 12.9. The van der Waals surface area contributed by atoms with Gasteiger partial charge in [-0.25, -0.2) is 0 Å². The van der Waals surface area contributed by atoms with Crippen molar-refractivity contribution in [3.63, 3.8) is 0 Å². The Balaban J connectivity index is 1.88. The zero-order chi connectivity index (χ0) is 16.9. The van der Waals surface area contributed by atoms with E-state index in [0.717, 1.165) is 17.8 Å². The summed E-state index contributed by atoms with van der Waals surface area (Å²) in [5, 5.41) is 9.89. The Kier molecular flexibility index (Phi) is 5.63. The third-order valence-electron chi connectivity index (χ3n) is 3.32. The number of hydrogen-bond donors (Lipinski definition) is 1. The van der Waals surface area contributed by atoms with Crippen molar-refractivity contribution in [1.29, 1.82) is 0 Å². The SMILES string of the molecule is CN(CC(O)OCc1cccc(C(F)(F)F)c1)c1ccccc1. The van der Waals surface area contributed by atoms with Gasteiger partial charge in [-0.1, -0.05) is 30.3 Å². The minimum atomic E-state index is -4.39. The second kappa shape index (κ2) is 7.48. The zero-order valence-corrected chi connectivity index (χ0v) is 12.6. The van der Waals surface area contributed by atoms with Crippen LogP contribution in [0.3, 0.4) is 0 Å². The lowest BCUT2D eigenvalue weighted by Crippen LogP contribution is -2.30. The van der Waals surface area contributed by atoms with Crippen molar-refractivity contribution in [2.24, 2.45) is 0 Å². The molecular weight excluding hydrogens is 307 g/mol. The maximum Gasteiger partial charge on any atom is 0.416 e. The number of nitrogens with zero attached hydrogens (tertiary/aromatic N) is 1. The fourth-order valence-electron chi connectivity index (χ4n) is 2.10. The minimum Gasteiger partial charge on any atom is -0.370 e. The zero-order valence-electron chi connectivity index (χ0n) is 12.6. The van der Waals surface area contributed by atoms with E-state index >= 15 is 0 Å². The molecule has 0 saturated carbocycles. The number of aliphatic hydroxyl groups excluding tert-OH is 1. The average Bonchev–Trinajstić information content (AvgIpc) is 2.53. The molecule has 1 atom stereocenters. The summed E-state index contributed by atoms with van der Waals surface area (Å²) in [5.74, 6) is 0. The molecule has 2 aromatic carbocycles. The van der Waals surface area contributed by atoms with Gasteiger partial charge in [0.2, 0.25) is 0 Å². The summed E-state index contributed by atoms with van der Waals surface area (Å²) in [6.45, 7) is 0.122. The second-order valence-electron chi connectivity index (χ2n) is 5.18. The largest absolute Gasteiger partial charge is 0.416 e. The van der Waals surface area contributed by atoms with E-state index in [0.29, 0.717) is 5.56 Å². The highest BCUT2D eigenvalue weighted by Crippen LogP contribution is 2.29. The first kappa shape index (κ1) is 17.3. The Hall–Kier alpha value is -2.05. The lowest BCUT2D eigenvalue weighted by Gasteiger charge is -2.22. The van der Waals surface area contributed by atoms with Gasteiger partial charge in [-0.2, -0.15) is 13.2 Å². The number of halogens is 3. The fourth-order valence-corrected chi connectivity index (χ4v) is 2.10. The van der Waals surface area contributed by atoms with Gasteiger partial charge >= 0.3 is 6.18 Å². The first-order valence-electron chi connectivity index (χ1n) is 7.08. The van der Waals surface area contributed by atoms with Crippen LogP contribution in [0.2, 0.25) is 0 Å². The van der Waals surface area contributed by atoms with Gasteiger partial charge in [0.15, 0.2) is 6.29 Å². The van der Waals surface area contributed by atoms with E-state index in [-0.39, 0.29) is 13.2 Å². The van der Waals surface area contributed by atoms with E-state index < -0.39 is 18.0 Å². The van der Waals surface area contributed by atoms with Crippen LogP contribution in [0, 0.1) is 0 Å². The molecule has 23 heavy (non-hydrogen) atoms. The summed E-state index contributed by atoms with van der Waals surface area (Å²) in [5.41, 5.74) is 0.546. The van der Waals surface area contributed by atoms with Crippen molar-refractivity contribution < 1.29 is 23.0 Å². The van der Waals surface area contributed by atoms with Crippen LogP contribution in [0.4, 0.5) is 18.9 Å². The second-order valence-corrected chi connectivity index (χ2v) is 5.18. The Labute approximate surface area is 132 Å². The molecule has 0 saturated heterocycles. The fraction of sp³-hybridized carbons (Fsp3) is 0.294. The number of aliphatic hydroxyl groups is 1. The van der Waals surface area contributed by atoms with Gasteiger partial charge in [0, 0.05) is 12.7 Å². The molecule has 124 valence electrons. The van der Waals surface area contributed by atoms with E-state index in [1.54, 1.807) is 11.9 Å². The number of para-hydroxylation sites is 1. The summed E-state index contributed by atoms with van der Waals surface area (Å²) in [6, 6.07) is 14.3. The number of likely N-dealkylation sites (N-methyl/N-ethyl adjacent to an activating group) is 1. The molecule has 0 amide bonds. The van der Waals surface area contributed by atoms with E-state index in [9.17, 15) is 18.3 Å². The number of alkyl halides is 3. The molecule has 0 aliphatic heterocycles. The van der Waals surface area contributed by atoms with Gasteiger partial charge < -0.3 is 14.7 Å². The molecule has 0 fully saturated rings. The predicted molar refractivity (Wildman–Crippen MR) is 82.0 cm³/mol. The molecule has 0 radical (unpaired) electrons. The molecule has 2 aromatic rings. The molecule has 0 spiro atoms. The molecule has 1 N–H and O–H groups in total. The first-order valence-corrected chi connectivity index (χ1v) is 7.08. The van der Waals surface area contributed by atoms with Gasteiger partial charge in [-0.05, 0) is 29.8 Å². The Morgan fingerprint density at radius 3 is 2.43 bits per heavy atom. The monoisotopic (exact) mass is 325 g/mol. The lowest BCUT2D eigenvalue weighted by molar-refractivity contribution is -0.137. The summed E-state index contributed by atoms with van der Waals surface area (Å²) >= 11 is 0. The molecule has 0 heterocycles. The number of hydrogen-bond acceptors (Lipinski definition) is 3. The molecule has 1 unspecified atom stereocenters. The van der Waals surface area contributed by atoms with Crippen molar-refractivity contribution in [3.8, 4) is 0 Å². The smallest absolute Gasteiger partial charge is 0.370 e. The Morgan fingerprint density at radius 2 is 1.78 bits per heavy atom. The maximum atomic E-state index is 12.6. The van der Waals surface area contributed by atoms with Crippen molar-refractivity contribution in [2.45, 2.75) is 19.1 Å². The van der Waals surface area contributed by atoms with Crippen molar-refractivity contribution >= 4 is 5.69 Å². The molecular formula is C17H18F3NO2. The van der Waals surface area contributed by atoms with Crippen LogP contribution in [0.5, 0.6) is 0 Å². The summed E-state index contributed by atoms with van der Waals surface area (Å²) < 4.78 is 43.1.